The van der Waals surface area contributed by atoms with Gasteiger partial charge < -0.3 is 9.84 Å². The molecule has 0 bridgehead atoms. The third-order valence-corrected chi connectivity index (χ3v) is 1.18. The summed E-state index contributed by atoms with van der Waals surface area (Å²) >= 11 is 0. The zero-order valence-electron chi connectivity index (χ0n) is 6.00. The lowest BCUT2D eigenvalue weighted by atomic mass is 10.4. The van der Waals surface area contributed by atoms with Gasteiger partial charge in [0.05, 0.1) is 0 Å². The molecule has 0 unspecified atom stereocenters. The Hall–Kier alpha value is -0.900. The zero-order chi connectivity index (χ0) is 7.23. The van der Waals surface area contributed by atoms with Gasteiger partial charge in [0.15, 0.2) is 5.82 Å². The van der Waals surface area contributed by atoms with Crippen molar-refractivity contribution in [3.05, 3.63) is 12.2 Å². The van der Waals surface area contributed by atoms with Crippen LogP contribution in [0, 0.1) is 0 Å². The number of hydrogen-bond acceptors (Lipinski definition) is 4. The van der Waals surface area contributed by atoms with Crippen LogP contribution in [0.5, 0.6) is 0 Å². The zero-order valence-corrected chi connectivity index (χ0v) is 6.00. The van der Waals surface area contributed by atoms with Crippen LogP contribution in [0.3, 0.4) is 0 Å². The Morgan fingerprint density at radius 2 is 2.60 bits per heavy atom. The molecule has 0 spiro atoms. The van der Waals surface area contributed by atoms with Crippen molar-refractivity contribution in [3.63, 3.8) is 0 Å². The largest absolute Gasteiger partial charge is 0.343 e. The molecule has 1 aromatic heterocycles. The second kappa shape index (κ2) is 4.00. The molecule has 4 heteroatoms. The van der Waals surface area contributed by atoms with Gasteiger partial charge in [-0.2, -0.15) is 4.98 Å². The molecule has 1 rings (SSSR count). The lowest BCUT2D eigenvalue weighted by Gasteiger charge is -1.94. The molecule has 0 fully saturated rings. The summed E-state index contributed by atoms with van der Waals surface area (Å²) in [6.45, 7) is 3.96. The van der Waals surface area contributed by atoms with Crippen molar-refractivity contribution >= 4 is 0 Å². The quantitative estimate of drug-likeness (QED) is 0.609. The van der Waals surface area contributed by atoms with Crippen molar-refractivity contribution < 1.29 is 4.52 Å². The van der Waals surface area contributed by atoms with Crippen molar-refractivity contribution in [3.8, 4) is 0 Å². The van der Waals surface area contributed by atoms with Gasteiger partial charge in [-0.3, -0.25) is 0 Å². The van der Waals surface area contributed by atoms with Crippen LogP contribution in [0.25, 0.3) is 0 Å². The Balaban J connectivity index is 2.15. The molecule has 0 atom stereocenters. The third kappa shape index (κ3) is 2.14. The summed E-state index contributed by atoms with van der Waals surface area (Å²) in [5.41, 5.74) is 0. The van der Waals surface area contributed by atoms with Crippen LogP contribution in [0.1, 0.15) is 12.7 Å². The summed E-state index contributed by atoms with van der Waals surface area (Å²) in [5.74, 6) is 0.765. The Kier molecular flexibility index (Phi) is 2.89. The minimum atomic E-state index is 0.765. The lowest BCUT2D eigenvalue weighted by molar-refractivity contribution is 0.409. The number of likely N-dealkylation sites (N-methyl/N-ethyl adjacent to an activating group) is 1. The van der Waals surface area contributed by atoms with Crippen molar-refractivity contribution in [1.29, 1.82) is 0 Å². The first kappa shape index (κ1) is 7.21. The summed E-state index contributed by atoms with van der Waals surface area (Å²) in [6.07, 6.45) is 2.19. The standard InChI is InChI=1S/C6H11N3O/c1-2-7-4-3-6-8-5-10-9-6/h5,7H,2-4H2,1H3. The highest BCUT2D eigenvalue weighted by Gasteiger charge is 1.94. The molecule has 0 aliphatic heterocycles. The van der Waals surface area contributed by atoms with E-state index in [0.717, 1.165) is 25.3 Å². The number of rotatable bonds is 4. The van der Waals surface area contributed by atoms with E-state index >= 15 is 0 Å². The fraction of sp³-hybridized carbons (Fsp3) is 0.667. The summed E-state index contributed by atoms with van der Waals surface area (Å²) in [6, 6.07) is 0. The smallest absolute Gasteiger partial charge is 0.213 e. The van der Waals surface area contributed by atoms with Gasteiger partial charge in [0, 0.05) is 13.0 Å². The first-order valence-electron chi connectivity index (χ1n) is 3.39. The number of nitrogens with zero attached hydrogens (tertiary/aromatic N) is 2. The SMILES string of the molecule is CCNCCc1ncon1. The Labute approximate surface area is 59.6 Å². The molecule has 1 heterocycles. The first-order chi connectivity index (χ1) is 4.93. The minimum absolute atomic E-state index is 0.765. The molecule has 0 saturated heterocycles. The van der Waals surface area contributed by atoms with Crippen LogP contribution in [-0.4, -0.2) is 23.2 Å². The second-order valence-electron chi connectivity index (χ2n) is 1.95. The molecule has 0 aromatic carbocycles. The molecular formula is C6H11N3O. The average molecular weight is 141 g/mol. The maximum atomic E-state index is 4.56. The maximum Gasteiger partial charge on any atom is 0.213 e. The van der Waals surface area contributed by atoms with Gasteiger partial charge in [-0.25, -0.2) is 0 Å². The van der Waals surface area contributed by atoms with E-state index in [1.807, 2.05) is 0 Å². The molecular weight excluding hydrogens is 130 g/mol. The van der Waals surface area contributed by atoms with Crippen LogP contribution in [0.4, 0.5) is 0 Å². The number of nitrogens with one attached hydrogen (secondary N) is 1. The molecule has 1 N–H and O–H groups in total. The molecule has 0 saturated carbocycles. The van der Waals surface area contributed by atoms with Gasteiger partial charge in [0.2, 0.25) is 6.39 Å². The molecule has 4 nitrogen and oxygen atoms in total. The second-order valence-corrected chi connectivity index (χ2v) is 1.95. The van der Waals surface area contributed by atoms with E-state index in [4.69, 9.17) is 0 Å². The first-order valence-corrected chi connectivity index (χ1v) is 3.39. The van der Waals surface area contributed by atoms with Crippen molar-refractivity contribution in [1.82, 2.24) is 15.5 Å². The molecule has 0 radical (unpaired) electrons. The third-order valence-electron chi connectivity index (χ3n) is 1.18. The van der Waals surface area contributed by atoms with Gasteiger partial charge in [-0.15, -0.1) is 0 Å². The Morgan fingerprint density at radius 3 is 3.20 bits per heavy atom. The van der Waals surface area contributed by atoms with Gasteiger partial charge in [0.1, 0.15) is 0 Å². The topological polar surface area (TPSA) is 51.0 Å². The molecule has 1 aromatic rings. The Morgan fingerprint density at radius 1 is 1.70 bits per heavy atom. The van der Waals surface area contributed by atoms with E-state index in [2.05, 4.69) is 26.9 Å². The molecule has 0 amide bonds. The van der Waals surface area contributed by atoms with Crippen molar-refractivity contribution in [2.75, 3.05) is 13.1 Å². The van der Waals surface area contributed by atoms with E-state index in [1.165, 1.54) is 6.39 Å². The maximum absolute atomic E-state index is 4.56. The van der Waals surface area contributed by atoms with Crippen LogP contribution in [-0.2, 0) is 6.42 Å². The van der Waals surface area contributed by atoms with Gasteiger partial charge >= 0.3 is 0 Å². The van der Waals surface area contributed by atoms with Crippen LogP contribution >= 0.6 is 0 Å². The van der Waals surface area contributed by atoms with E-state index < -0.39 is 0 Å². The highest BCUT2D eigenvalue weighted by atomic mass is 16.5. The van der Waals surface area contributed by atoms with E-state index in [0.29, 0.717) is 0 Å². The number of aromatic nitrogens is 2. The van der Waals surface area contributed by atoms with Crippen molar-refractivity contribution in [2.24, 2.45) is 0 Å². The fourth-order valence-electron chi connectivity index (χ4n) is 0.680. The fourth-order valence-corrected chi connectivity index (χ4v) is 0.680. The Bertz CT molecular complexity index is 162. The molecule has 0 aliphatic carbocycles. The van der Waals surface area contributed by atoms with E-state index in [1.54, 1.807) is 0 Å². The predicted molar refractivity (Wildman–Crippen MR) is 36.5 cm³/mol. The van der Waals surface area contributed by atoms with E-state index in [-0.39, 0.29) is 0 Å². The normalized spacial score (nSPS) is 10.1. The molecule has 0 aliphatic rings. The average Bonchev–Trinajstić information content (AvgIpc) is 2.41. The summed E-state index contributed by atoms with van der Waals surface area (Å²) < 4.78 is 4.56. The molecule has 56 valence electrons. The van der Waals surface area contributed by atoms with E-state index in [9.17, 15) is 0 Å². The van der Waals surface area contributed by atoms with Crippen LogP contribution < -0.4 is 5.32 Å². The van der Waals surface area contributed by atoms with Gasteiger partial charge in [0.25, 0.3) is 0 Å². The lowest BCUT2D eigenvalue weighted by Crippen LogP contribution is -2.16. The minimum Gasteiger partial charge on any atom is -0.343 e. The van der Waals surface area contributed by atoms with Gasteiger partial charge in [-0.05, 0) is 6.54 Å². The molecule has 10 heavy (non-hydrogen) atoms. The summed E-state index contributed by atoms with van der Waals surface area (Å²) in [5, 5.41) is 6.83. The highest BCUT2D eigenvalue weighted by molar-refractivity contribution is 4.77. The van der Waals surface area contributed by atoms with Crippen LogP contribution in [0.15, 0.2) is 10.9 Å². The number of hydrogen-bond donors (Lipinski definition) is 1. The predicted octanol–water partition coefficient (Wildman–Crippen LogP) is 0.222. The monoisotopic (exact) mass is 141 g/mol. The van der Waals surface area contributed by atoms with Crippen LogP contribution in [0.2, 0.25) is 0 Å². The van der Waals surface area contributed by atoms with Gasteiger partial charge in [-0.1, -0.05) is 12.1 Å². The summed E-state index contributed by atoms with van der Waals surface area (Å²) in [7, 11) is 0. The van der Waals surface area contributed by atoms with Crippen molar-refractivity contribution in [2.45, 2.75) is 13.3 Å². The highest BCUT2D eigenvalue weighted by Crippen LogP contribution is 1.86. The summed E-state index contributed by atoms with van der Waals surface area (Å²) in [4.78, 5) is 3.87.